The van der Waals surface area contributed by atoms with Crippen LogP contribution in [0.15, 0.2) is 59.9 Å². The van der Waals surface area contributed by atoms with Gasteiger partial charge in [-0.3, -0.25) is 9.69 Å². The number of rotatable bonds is 12. The highest BCUT2D eigenvalue weighted by Gasteiger charge is 2.40. The number of amides is 1. The maximum Gasteiger partial charge on any atom is 0.234 e. The summed E-state index contributed by atoms with van der Waals surface area (Å²) in [6.45, 7) is 13.6. The number of benzene rings is 3. The number of H-pyrrole nitrogens is 1. The van der Waals surface area contributed by atoms with Gasteiger partial charge in [0.2, 0.25) is 5.91 Å². The molecule has 14 nitrogen and oxygen atoms in total. The lowest BCUT2D eigenvalue weighted by molar-refractivity contribution is -0.123. The van der Waals surface area contributed by atoms with Crippen molar-refractivity contribution in [3.05, 3.63) is 104 Å². The molecule has 14 heteroatoms. The quantitative estimate of drug-likeness (QED) is 0.104. The highest BCUT2D eigenvalue weighted by atomic mass is 16.2. The molecular formula is C52H52N8O6. The fourth-order valence-electron chi connectivity index (χ4n) is 10.5. The Morgan fingerprint density at radius 2 is 1.64 bits per heavy atom. The highest BCUT2D eigenvalue weighted by molar-refractivity contribution is 6.10. The summed E-state index contributed by atoms with van der Waals surface area (Å²) < 4.78 is 1.45. The van der Waals surface area contributed by atoms with Gasteiger partial charge in [0.25, 0.3) is 0 Å². The SMILES string of the molecule is CCc1cc2c(cc1N1CC(C)N(CC(=O)NCCCCCNc3cccc4c(=C=O)n(C5CCC(=C=O)NC5=C=O)c(=C=O)c34)C(C)C1)C(C)(C)c1[nH]c3cc(C#N)ccc3c1C2=C=O. The maximum absolute atomic E-state index is 13.3. The second-order valence-electron chi connectivity index (χ2n) is 18.1. The monoisotopic (exact) mass is 884 g/mol. The van der Waals surface area contributed by atoms with Gasteiger partial charge in [-0.1, -0.05) is 39.0 Å². The third-order valence-electron chi connectivity index (χ3n) is 13.8. The standard InChI is InChI=1S/C52H52N8O6/c1-6-34-20-38-39(27-62)49-36-15-13-33(22-53)19-42(36)57-51(49)52(4,5)40(38)21-45(34)58-23-31(2)59(32(3)24-58)25-48(66)55-18-9-7-8-17-54-41-12-10-11-37-46(29-64)60(47(30-65)50(37)41)44-16-14-35(26-61)56-43(44)28-63/h10-13,15,19-21,31-32,44,54,56-57H,6-9,14,16-18,23-25H2,1-5H3,(H,55,66). The van der Waals surface area contributed by atoms with Crippen molar-refractivity contribution in [2.45, 2.75) is 96.7 Å². The topological polar surface area (TPSA) is 189 Å². The average molecular weight is 885 g/mol. The van der Waals surface area contributed by atoms with E-state index >= 15 is 0 Å². The summed E-state index contributed by atoms with van der Waals surface area (Å²) in [6, 6.07) is 16.9. The van der Waals surface area contributed by atoms with Crippen LogP contribution in [0.5, 0.6) is 0 Å². The number of piperidine rings is 1. The van der Waals surface area contributed by atoms with Crippen molar-refractivity contribution in [3.8, 4) is 6.07 Å². The summed E-state index contributed by atoms with van der Waals surface area (Å²) >= 11 is 0. The molecule has 336 valence electrons. The van der Waals surface area contributed by atoms with E-state index in [9.17, 15) is 34.0 Å². The van der Waals surface area contributed by atoms with Crippen molar-refractivity contribution in [2.75, 3.05) is 42.9 Å². The Morgan fingerprint density at radius 3 is 2.32 bits per heavy atom. The Morgan fingerprint density at radius 1 is 0.879 bits per heavy atom. The number of fused-ring (bicyclic) bond motifs is 5. The summed E-state index contributed by atoms with van der Waals surface area (Å²) in [6.07, 6.45) is 3.70. The van der Waals surface area contributed by atoms with Gasteiger partial charge < -0.3 is 30.4 Å². The van der Waals surface area contributed by atoms with Crippen LogP contribution < -0.4 is 31.5 Å². The van der Waals surface area contributed by atoms with Crippen LogP contribution in [0.3, 0.4) is 0 Å². The van der Waals surface area contributed by atoms with E-state index in [1.807, 2.05) is 36.0 Å². The van der Waals surface area contributed by atoms with Gasteiger partial charge in [-0.2, -0.15) is 5.26 Å². The van der Waals surface area contributed by atoms with Crippen LogP contribution in [0.25, 0.3) is 27.2 Å². The van der Waals surface area contributed by atoms with E-state index < -0.39 is 11.5 Å². The molecule has 2 saturated heterocycles. The fraction of sp³-hybridized carbons (Fsp3) is 0.385. The Labute approximate surface area is 382 Å². The molecule has 1 aliphatic carbocycles. The van der Waals surface area contributed by atoms with Gasteiger partial charge in [-0.25, -0.2) is 24.0 Å². The molecule has 66 heavy (non-hydrogen) atoms. The van der Waals surface area contributed by atoms with Crippen molar-refractivity contribution in [2.24, 2.45) is 0 Å². The van der Waals surface area contributed by atoms with Crippen molar-refractivity contribution < 1.29 is 28.8 Å². The van der Waals surface area contributed by atoms with E-state index in [4.69, 9.17) is 0 Å². The first-order chi connectivity index (χ1) is 31.9. The zero-order chi connectivity index (χ0) is 46.9. The molecule has 0 radical (unpaired) electrons. The normalized spacial score (nSPS) is 18.8. The second-order valence-corrected chi connectivity index (χ2v) is 18.1. The number of nitrogens with one attached hydrogen (secondary N) is 4. The number of nitrogens with zero attached hydrogens (tertiary/aromatic N) is 4. The lowest BCUT2D eigenvalue weighted by Crippen LogP contribution is -2.59. The number of aryl methyl sites for hydroxylation is 1. The molecule has 4 N–H and O–H groups in total. The van der Waals surface area contributed by atoms with E-state index in [0.29, 0.717) is 40.7 Å². The maximum atomic E-state index is 13.3. The molecule has 5 aromatic rings. The molecule has 2 fully saturated rings. The highest BCUT2D eigenvalue weighted by Crippen LogP contribution is 2.50. The van der Waals surface area contributed by atoms with E-state index in [1.165, 1.54) is 4.57 Å². The molecular weight excluding hydrogens is 833 g/mol. The number of carbonyl (C=O) groups is 1. The molecule has 2 aromatic heterocycles. The molecule has 0 bridgehead atoms. The van der Waals surface area contributed by atoms with E-state index in [1.54, 1.807) is 24.1 Å². The number of hydrogen-bond donors (Lipinski definition) is 4. The number of anilines is 2. The van der Waals surface area contributed by atoms with Crippen molar-refractivity contribution in [3.63, 3.8) is 0 Å². The summed E-state index contributed by atoms with van der Waals surface area (Å²) in [5, 5.41) is 20.9. The smallest absolute Gasteiger partial charge is 0.234 e. The molecule has 0 saturated carbocycles. The van der Waals surface area contributed by atoms with Crippen LogP contribution in [-0.4, -0.2) is 94.9 Å². The summed E-state index contributed by atoms with van der Waals surface area (Å²) in [5.74, 6) is 9.77. The van der Waals surface area contributed by atoms with Crippen molar-refractivity contribution in [1.29, 1.82) is 5.26 Å². The Kier molecular flexibility index (Phi) is 12.7. The number of aromatic amines is 1. The van der Waals surface area contributed by atoms with Gasteiger partial charge in [0.05, 0.1) is 29.8 Å². The number of carbonyl (C=O) groups excluding carboxylic acids is 6. The summed E-state index contributed by atoms with van der Waals surface area (Å²) in [5.41, 5.74) is 8.30. The van der Waals surface area contributed by atoms with Crippen LogP contribution in [0.4, 0.5) is 11.4 Å². The van der Waals surface area contributed by atoms with Crippen LogP contribution in [0.2, 0.25) is 0 Å². The number of allylic oxidation sites excluding steroid dienone is 2. The van der Waals surface area contributed by atoms with Gasteiger partial charge >= 0.3 is 0 Å². The first-order valence-corrected chi connectivity index (χ1v) is 22.6. The summed E-state index contributed by atoms with van der Waals surface area (Å²) in [4.78, 5) is 82.1. The number of aromatic nitrogens is 2. The van der Waals surface area contributed by atoms with Crippen molar-refractivity contribution in [1.82, 2.24) is 25.1 Å². The van der Waals surface area contributed by atoms with Gasteiger partial charge in [-0.05, 0) is 93.0 Å². The van der Waals surface area contributed by atoms with Crippen LogP contribution in [0, 0.1) is 11.3 Å². The third kappa shape index (κ3) is 7.91. The van der Waals surface area contributed by atoms with Crippen LogP contribution in [-0.2, 0) is 40.6 Å². The molecule has 4 heterocycles. The van der Waals surface area contributed by atoms with E-state index in [-0.39, 0.29) is 59.5 Å². The van der Waals surface area contributed by atoms with E-state index in [0.717, 1.165) is 83.3 Å². The Hall–Kier alpha value is -7.43. The zero-order valence-electron chi connectivity index (χ0n) is 37.9. The predicted molar refractivity (Wildman–Crippen MR) is 253 cm³/mol. The average Bonchev–Trinajstić information content (AvgIpc) is 3.88. The van der Waals surface area contributed by atoms with E-state index in [2.05, 4.69) is 89.5 Å². The molecule has 3 aliphatic rings. The lowest BCUT2D eigenvalue weighted by atomic mass is 9.69. The molecule has 3 unspecified atom stereocenters. The van der Waals surface area contributed by atoms with Gasteiger partial charge in [0, 0.05) is 94.4 Å². The van der Waals surface area contributed by atoms with Crippen LogP contribution in [0.1, 0.15) is 106 Å². The third-order valence-corrected chi connectivity index (χ3v) is 13.8. The lowest BCUT2D eigenvalue weighted by Gasteiger charge is -2.46. The van der Waals surface area contributed by atoms with Crippen molar-refractivity contribution >= 4 is 74.2 Å². The van der Waals surface area contributed by atoms with Crippen LogP contribution >= 0.6 is 0 Å². The number of nitriles is 1. The minimum absolute atomic E-state index is 0.0231. The minimum atomic E-state index is -0.738. The van der Waals surface area contributed by atoms with Gasteiger partial charge in [0.15, 0.2) is 11.9 Å². The largest absolute Gasteiger partial charge is 0.384 e. The Balaban J connectivity index is 0.866. The number of unbranched alkanes of at least 4 members (excludes halogenated alkanes) is 2. The summed E-state index contributed by atoms with van der Waals surface area (Å²) in [7, 11) is 0. The molecule has 2 aliphatic heterocycles. The Bertz CT molecular complexity index is 3170. The predicted octanol–water partition coefficient (Wildman–Crippen LogP) is 4.12. The molecule has 1 amide bonds. The number of piperazine rings is 1. The van der Waals surface area contributed by atoms with Gasteiger partial charge in [0.1, 0.15) is 39.9 Å². The number of hydrogen-bond acceptors (Lipinski definition) is 11. The molecule has 0 spiro atoms. The zero-order valence-corrected chi connectivity index (χ0v) is 37.9. The fourth-order valence-corrected chi connectivity index (χ4v) is 10.5. The first kappa shape index (κ1) is 45.1. The second kappa shape index (κ2) is 18.6. The minimum Gasteiger partial charge on any atom is -0.384 e. The van der Waals surface area contributed by atoms with Gasteiger partial charge in [-0.15, -0.1) is 0 Å². The molecule has 8 rings (SSSR count). The first-order valence-electron chi connectivity index (χ1n) is 22.6. The molecule has 3 atom stereocenters. The molecule has 3 aromatic carbocycles.